The topological polar surface area (TPSA) is 57.7 Å². The zero-order valence-electron chi connectivity index (χ0n) is 13.0. The van der Waals surface area contributed by atoms with Crippen molar-refractivity contribution in [3.8, 4) is 0 Å². The summed E-state index contributed by atoms with van der Waals surface area (Å²) < 4.78 is 25.6. The molecule has 0 aliphatic carbocycles. The zero-order valence-corrected chi connectivity index (χ0v) is 14.6. The lowest BCUT2D eigenvalue weighted by Gasteiger charge is -2.31. The van der Waals surface area contributed by atoms with Crippen LogP contribution in [0.3, 0.4) is 0 Å². The highest BCUT2D eigenvalue weighted by Gasteiger charge is 2.26. The van der Waals surface area contributed by atoms with Crippen LogP contribution in [-0.4, -0.2) is 50.7 Å². The number of hydrogen-bond donors (Lipinski definition) is 0. The third-order valence-corrected chi connectivity index (χ3v) is 6.18. The van der Waals surface area contributed by atoms with Gasteiger partial charge >= 0.3 is 0 Å². The molecule has 1 atom stereocenters. The van der Waals surface area contributed by atoms with Crippen molar-refractivity contribution in [2.24, 2.45) is 5.92 Å². The van der Waals surface area contributed by atoms with Gasteiger partial charge in [-0.1, -0.05) is 18.5 Å². The number of benzene rings is 1. The van der Waals surface area contributed by atoms with Gasteiger partial charge in [0.15, 0.2) is 0 Å². The summed E-state index contributed by atoms with van der Waals surface area (Å²) in [4.78, 5) is 14.3. The van der Waals surface area contributed by atoms with Gasteiger partial charge in [0.1, 0.15) is 4.90 Å². The smallest absolute Gasteiger partial charge is 0.253 e. The van der Waals surface area contributed by atoms with Gasteiger partial charge in [-0.2, -0.15) is 0 Å². The number of sulfonamides is 1. The number of rotatable bonds is 3. The highest BCUT2D eigenvalue weighted by atomic mass is 35.5. The summed E-state index contributed by atoms with van der Waals surface area (Å²) >= 11 is 6.01. The normalized spacial score (nSPS) is 19.5. The number of carbonyl (C=O) groups is 1. The van der Waals surface area contributed by atoms with Gasteiger partial charge in [0.05, 0.1) is 5.02 Å². The number of carbonyl (C=O) groups excluding carboxylic acids is 1. The van der Waals surface area contributed by atoms with E-state index in [-0.39, 0.29) is 15.8 Å². The van der Waals surface area contributed by atoms with Crippen LogP contribution in [0.2, 0.25) is 5.02 Å². The van der Waals surface area contributed by atoms with E-state index in [1.54, 1.807) is 11.0 Å². The third-order valence-electron chi connectivity index (χ3n) is 3.88. The third kappa shape index (κ3) is 3.45. The van der Waals surface area contributed by atoms with Crippen molar-refractivity contribution in [1.82, 2.24) is 9.21 Å². The number of nitrogens with zero attached hydrogens (tertiary/aromatic N) is 2. The minimum Gasteiger partial charge on any atom is -0.338 e. The maximum atomic E-state index is 12.6. The maximum absolute atomic E-state index is 12.6. The summed E-state index contributed by atoms with van der Waals surface area (Å²) in [5, 5.41) is 0.122. The van der Waals surface area contributed by atoms with Crippen molar-refractivity contribution < 1.29 is 13.2 Å². The van der Waals surface area contributed by atoms with Gasteiger partial charge < -0.3 is 4.90 Å². The molecule has 0 radical (unpaired) electrons. The fourth-order valence-electron chi connectivity index (χ4n) is 2.59. The standard InChI is InChI=1S/C15H21ClN2O3S/c1-11-5-4-8-18(10-11)15(19)12-6-7-13(16)14(9-12)22(20,21)17(2)3/h6-7,9,11H,4-5,8,10H2,1-3H3. The van der Waals surface area contributed by atoms with Crippen LogP contribution in [0.4, 0.5) is 0 Å². The molecular formula is C15H21ClN2O3S. The molecule has 1 aliphatic rings. The van der Waals surface area contributed by atoms with Gasteiger partial charge in [-0.3, -0.25) is 4.79 Å². The Balaban J connectivity index is 2.35. The predicted octanol–water partition coefficient (Wildman–Crippen LogP) is 2.46. The Bertz CT molecular complexity index is 673. The van der Waals surface area contributed by atoms with Crippen LogP contribution in [0.1, 0.15) is 30.1 Å². The number of piperidine rings is 1. The monoisotopic (exact) mass is 344 g/mol. The fourth-order valence-corrected chi connectivity index (χ4v) is 3.98. The van der Waals surface area contributed by atoms with Crippen molar-refractivity contribution in [3.63, 3.8) is 0 Å². The molecular weight excluding hydrogens is 324 g/mol. The fraction of sp³-hybridized carbons (Fsp3) is 0.533. The summed E-state index contributed by atoms with van der Waals surface area (Å²) in [7, 11) is -0.800. The van der Waals surface area contributed by atoms with Gasteiger partial charge in [-0.25, -0.2) is 12.7 Å². The summed E-state index contributed by atoms with van der Waals surface area (Å²) in [5.74, 6) is 0.327. The molecule has 1 aliphatic heterocycles. The van der Waals surface area contributed by atoms with Crippen molar-refractivity contribution in [2.45, 2.75) is 24.7 Å². The molecule has 1 aromatic rings. The van der Waals surface area contributed by atoms with Gasteiger partial charge in [0, 0.05) is 32.7 Å². The summed E-state index contributed by atoms with van der Waals surface area (Å²) in [6, 6.07) is 4.43. The molecule has 0 saturated carbocycles. The molecule has 1 unspecified atom stereocenters. The van der Waals surface area contributed by atoms with E-state index in [2.05, 4.69) is 6.92 Å². The maximum Gasteiger partial charge on any atom is 0.253 e. The first-order chi connectivity index (χ1) is 10.2. The molecule has 0 N–H and O–H groups in total. The van der Waals surface area contributed by atoms with Crippen LogP contribution < -0.4 is 0 Å². The van der Waals surface area contributed by atoms with Crippen LogP contribution >= 0.6 is 11.6 Å². The Labute approximate surface area is 136 Å². The molecule has 1 saturated heterocycles. The van der Waals surface area contributed by atoms with Gasteiger partial charge in [0.2, 0.25) is 10.0 Å². The number of halogens is 1. The lowest BCUT2D eigenvalue weighted by molar-refractivity contribution is 0.0683. The molecule has 122 valence electrons. The first-order valence-electron chi connectivity index (χ1n) is 7.25. The Morgan fingerprint density at radius 3 is 2.64 bits per heavy atom. The molecule has 0 aromatic heterocycles. The Morgan fingerprint density at radius 1 is 1.36 bits per heavy atom. The van der Waals surface area contributed by atoms with E-state index in [1.807, 2.05) is 0 Å². The van der Waals surface area contributed by atoms with Crippen LogP contribution in [0.25, 0.3) is 0 Å². The lowest BCUT2D eigenvalue weighted by atomic mass is 9.99. The average Bonchev–Trinajstić information content (AvgIpc) is 2.46. The van der Waals surface area contributed by atoms with Crippen LogP contribution in [0, 0.1) is 5.92 Å². The van der Waals surface area contributed by atoms with Crippen LogP contribution in [0.5, 0.6) is 0 Å². The average molecular weight is 345 g/mol. The summed E-state index contributed by atoms with van der Waals surface area (Å²) in [6.45, 7) is 3.53. The summed E-state index contributed by atoms with van der Waals surface area (Å²) in [5.41, 5.74) is 0.360. The predicted molar refractivity (Wildman–Crippen MR) is 86.6 cm³/mol. The van der Waals surface area contributed by atoms with Gasteiger partial charge in [0.25, 0.3) is 5.91 Å². The number of hydrogen-bond acceptors (Lipinski definition) is 3. The molecule has 0 spiro atoms. The van der Waals surface area contributed by atoms with Crippen molar-refractivity contribution >= 4 is 27.5 Å². The summed E-state index contributed by atoms with van der Waals surface area (Å²) in [6.07, 6.45) is 2.09. The highest BCUT2D eigenvalue weighted by Crippen LogP contribution is 2.26. The minimum absolute atomic E-state index is 0.0323. The van der Waals surface area contributed by atoms with Crippen LogP contribution in [-0.2, 0) is 10.0 Å². The van der Waals surface area contributed by atoms with E-state index < -0.39 is 10.0 Å². The van der Waals surface area contributed by atoms with Crippen molar-refractivity contribution in [3.05, 3.63) is 28.8 Å². The first-order valence-corrected chi connectivity index (χ1v) is 9.06. The molecule has 1 aromatic carbocycles. The molecule has 5 nitrogen and oxygen atoms in total. The number of amides is 1. The van der Waals surface area contributed by atoms with E-state index >= 15 is 0 Å². The molecule has 1 fully saturated rings. The second-order valence-corrected chi connectivity index (χ2v) is 8.46. The van der Waals surface area contributed by atoms with E-state index in [0.717, 1.165) is 17.1 Å². The molecule has 22 heavy (non-hydrogen) atoms. The largest absolute Gasteiger partial charge is 0.338 e. The van der Waals surface area contributed by atoms with E-state index in [4.69, 9.17) is 11.6 Å². The van der Waals surface area contributed by atoms with Crippen molar-refractivity contribution in [1.29, 1.82) is 0 Å². The highest BCUT2D eigenvalue weighted by molar-refractivity contribution is 7.89. The van der Waals surface area contributed by atoms with Gasteiger partial charge in [-0.15, -0.1) is 0 Å². The van der Waals surface area contributed by atoms with Gasteiger partial charge in [-0.05, 0) is 37.0 Å². The van der Waals surface area contributed by atoms with E-state index in [1.165, 1.54) is 26.2 Å². The Kier molecular flexibility index (Phi) is 5.14. The molecule has 7 heteroatoms. The second-order valence-electron chi connectivity index (χ2n) is 5.93. The minimum atomic E-state index is -3.67. The molecule has 0 bridgehead atoms. The van der Waals surface area contributed by atoms with E-state index in [0.29, 0.717) is 24.6 Å². The molecule has 1 heterocycles. The Hall–Kier alpha value is -1.11. The quantitative estimate of drug-likeness (QED) is 0.846. The SMILES string of the molecule is CC1CCCN(C(=O)c2ccc(Cl)c(S(=O)(=O)N(C)C)c2)C1. The second kappa shape index (κ2) is 6.56. The van der Waals surface area contributed by atoms with E-state index in [9.17, 15) is 13.2 Å². The molecule has 2 rings (SSSR count). The first kappa shape index (κ1) is 17.2. The lowest BCUT2D eigenvalue weighted by Crippen LogP contribution is -2.39. The van der Waals surface area contributed by atoms with Crippen LogP contribution in [0.15, 0.2) is 23.1 Å². The number of likely N-dealkylation sites (tertiary alicyclic amines) is 1. The Morgan fingerprint density at radius 2 is 2.05 bits per heavy atom. The van der Waals surface area contributed by atoms with Crippen molar-refractivity contribution in [2.75, 3.05) is 27.2 Å². The zero-order chi connectivity index (χ0) is 16.5. The molecule has 1 amide bonds.